The van der Waals surface area contributed by atoms with Gasteiger partial charge in [0.15, 0.2) is 30.5 Å². The van der Waals surface area contributed by atoms with Crippen molar-refractivity contribution in [2.45, 2.75) is 61.0 Å². The number of carbonyl (C=O) groups excluding carboxylic acids is 3. The highest BCUT2D eigenvalue weighted by Crippen LogP contribution is 2.15. The Morgan fingerprint density at radius 1 is 0.341 bits per heavy atom. The minimum atomic E-state index is -3.25. The first-order valence-electron chi connectivity index (χ1n) is 10.2. The lowest BCUT2D eigenvalue weighted by Crippen LogP contribution is -2.54. The molecule has 23 nitrogen and oxygen atoms in total. The van der Waals surface area contributed by atoms with E-state index in [4.69, 9.17) is 30.6 Å². The van der Waals surface area contributed by atoms with Gasteiger partial charge < -0.3 is 75.5 Å². The number of aliphatic carboxylic acids is 5. The molecule has 0 aliphatic rings. The second-order valence-electron chi connectivity index (χ2n) is 7.47. The van der Waals surface area contributed by atoms with Crippen LogP contribution in [0.1, 0.15) is 0 Å². The number of ether oxygens (including phenoxy) is 3. The molecule has 12 N–H and O–H groups in total. The molecule has 4 unspecified atom stereocenters. The Morgan fingerprint density at radius 3 is 1.02 bits per heavy atom. The Morgan fingerprint density at radius 2 is 0.659 bits per heavy atom. The molecule has 0 heterocycles. The van der Waals surface area contributed by atoms with Gasteiger partial charge in [0.25, 0.3) is 0 Å². The van der Waals surface area contributed by atoms with Gasteiger partial charge in [-0.15, -0.1) is 0 Å². The quantitative estimate of drug-likeness (QED) is 0.0540. The normalized spacial score (nSPS) is 18.4. The third-order valence-electron chi connectivity index (χ3n) is 4.55. The lowest BCUT2D eigenvalue weighted by atomic mass is 10.0. The van der Waals surface area contributed by atoms with Gasteiger partial charge in [0, 0.05) is 0 Å². The van der Waals surface area contributed by atoms with Crippen LogP contribution in [0.4, 0.5) is 0 Å². The number of carbonyl (C=O) groups is 8. The number of hydrogen-bond acceptors (Lipinski definition) is 18. The summed E-state index contributed by atoms with van der Waals surface area (Å²) in [5, 5.41) is 111. The molecule has 0 aromatic heterocycles. The third kappa shape index (κ3) is 9.87. The summed E-state index contributed by atoms with van der Waals surface area (Å²) in [5.41, 5.74) is 0. The topological polar surface area (TPSA) is 407 Å². The zero-order chi connectivity index (χ0) is 32.5. The summed E-state index contributed by atoms with van der Waals surface area (Å²) in [6, 6.07) is 0. The third-order valence-corrected chi connectivity index (χ3v) is 4.55. The van der Waals surface area contributed by atoms with Crippen molar-refractivity contribution in [1.82, 2.24) is 0 Å². The minimum Gasteiger partial charge on any atom is -0.479 e. The number of hydrogen-bond donors (Lipinski definition) is 12. The van der Waals surface area contributed by atoms with Crippen LogP contribution in [0.15, 0.2) is 0 Å². The van der Waals surface area contributed by atoms with E-state index in [-0.39, 0.29) is 0 Å². The first-order valence-corrected chi connectivity index (χ1v) is 10.2. The number of aliphatic hydroxyl groups is 7. The summed E-state index contributed by atoms with van der Waals surface area (Å²) in [5.74, 6) is -18.9. The molecule has 0 radical (unpaired) electrons. The zero-order valence-corrected chi connectivity index (χ0v) is 19.6. The van der Waals surface area contributed by atoms with Crippen LogP contribution >= 0.6 is 0 Å². The maximum atomic E-state index is 12.4. The van der Waals surface area contributed by atoms with E-state index in [1.165, 1.54) is 0 Å². The van der Waals surface area contributed by atoms with Crippen molar-refractivity contribution in [2.75, 3.05) is 0 Å². The Hall–Kier alpha value is -4.52. The van der Waals surface area contributed by atoms with Crippen molar-refractivity contribution in [1.29, 1.82) is 0 Å². The van der Waals surface area contributed by atoms with Gasteiger partial charge in [0.2, 0.25) is 18.3 Å². The molecule has 0 aromatic rings. The van der Waals surface area contributed by atoms with Gasteiger partial charge in [-0.25, -0.2) is 38.4 Å². The average molecular weight is 606 g/mol. The largest absolute Gasteiger partial charge is 0.479 e. The lowest BCUT2D eigenvalue weighted by molar-refractivity contribution is -0.204. The summed E-state index contributed by atoms with van der Waals surface area (Å²) < 4.78 is 12.3. The Labute approximate surface area is 223 Å². The highest BCUT2D eigenvalue weighted by Gasteiger charge is 2.47. The smallest absolute Gasteiger partial charge is 0.351 e. The van der Waals surface area contributed by atoms with E-state index in [0.717, 1.165) is 0 Å². The molecular weight excluding hydrogens is 584 g/mol. The maximum Gasteiger partial charge on any atom is 0.351 e. The standard InChI is InChI=1S/C18H22O23/c19-1(3(21)11(26)27)2(20)5(23)16(36)39-8(7(25)13(30)31)18(38)41-10(15(34)35)9(14(32)33)40-17(37)6(24)4(22)12(28)29/h1-10,19-25H,(H,26,27)(H,28,29)(H,30,31)(H,32,33)(H,34,35)/t1-,2-,3-,4?,5+,6?,7-,8-,9?,10?/m0/s1. The first kappa shape index (κ1) is 36.5. The van der Waals surface area contributed by atoms with Gasteiger partial charge in [-0.3, -0.25) is 0 Å². The fourth-order valence-electron chi connectivity index (χ4n) is 2.36. The highest BCUT2D eigenvalue weighted by molar-refractivity contribution is 5.92. The summed E-state index contributed by atoms with van der Waals surface area (Å²) >= 11 is 0. The molecule has 0 aliphatic carbocycles. The SMILES string of the molecule is O=C(O)C(O)C(O)C(=O)OC(C(=O)O)C(OC(=O)[C@@H](OC(=O)[C@H](O)[C@@H](O)[C@H](O)[C@H](O)C(=O)O)[C@H](O)C(=O)O)C(=O)O. The van der Waals surface area contributed by atoms with Gasteiger partial charge in [-0.05, 0) is 0 Å². The van der Waals surface area contributed by atoms with Crippen LogP contribution in [0.3, 0.4) is 0 Å². The predicted molar refractivity (Wildman–Crippen MR) is 110 cm³/mol. The van der Waals surface area contributed by atoms with Gasteiger partial charge in [0.1, 0.15) is 12.2 Å². The van der Waals surface area contributed by atoms with Crippen LogP contribution in [0.5, 0.6) is 0 Å². The van der Waals surface area contributed by atoms with Gasteiger partial charge in [-0.2, -0.15) is 0 Å². The van der Waals surface area contributed by atoms with Gasteiger partial charge in [0.05, 0.1) is 0 Å². The molecule has 0 amide bonds. The highest BCUT2D eigenvalue weighted by atomic mass is 16.6. The maximum absolute atomic E-state index is 12.4. The number of esters is 3. The van der Waals surface area contributed by atoms with E-state index in [2.05, 4.69) is 14.2 Å². The molecule has 0 spiro atoms. The Balaban J connectivity index is 6.10. The fraction of sp³-hybridized carbons (Fsp3) is 0.556. The number of rotatable bonds is 17. The van der Waals surface area contributed by atoms with Crippen molar-refractivity contribution in [3.8, 4) is 0 Å². The molecule has 0 saturated carbocycles. The molecule has 232 valence electrons. The van der Waals surface area contributed by atoms with Crippen molar-refractivity contribution in [3.05, 3.63) is 0 Å². The molecule has 23 heteroatoms. The van der Waals surface area contributed by atoms with E-state index >= 15 is 0 Å². The summed E-state index contributed by atoms with van der Waals surface area (Å²) in [6.45, 7) is 0. The summed E-state index contributed by atoms with van der Waals surface area (Å²) in [6.07, 6.45) is -30.5. The second-order valence-corrected chi connectivity index (χ2v) is 7.47. The number of carboxylic acid groups (broad SMARTS) is 5. The van der Waals surface area contributed by atoms with E-state index in [1.807, 2.05) is 0 Å². The molecule has 0 fully saturated rings. The molecule has 0 saturated heterocycles. The van der Waals surface area contributed by atoms with Crippen LogP contribution in [-0.2, 0) is 52.6 Å². The van der Waals surface area contributed by atoms with Crippen LogP contribution in [0.25, 0.3) is 0 Å². The first-order chi connectivity index (χ1) is 18.7. The monoisotopic (exact) mass is 606 g/mol. The second kappa shape index (κ2) is 15.3. The van der Waals surface area contributed by atoms with Crippen LogP contribution in [-0.4, -0.2) is 170 Å². The fourth-order valence-corrected chi connectivity index (χ4v) is 2.36. The van der Waals surface area contributed by atoms with E-state index in [1.54, 1.807) is 0 Å². The van der Waals surface area contributed by atoms with Crippen LogP contribution in [0, 0.1) is 0 Å². The van der Waals surface area contributed by atoms with E-state index in [9.17, 15) is 69.0 Å². The summed E-state index contributed by atoms with van der Waals surface area (Å²) in [7, 11) is 0. The van der Waals surface area contributed by atoms with E-state index in [0.29, 0.717) is 0 Å². The lowest BCUT2D eigenvalue weighted by Gasteiger charge is -2.27. The van der Waals surface area contributed by atoms with E-state index < -0.39 is 109 Å². The Kier molecular flexibility index (Phi) is 13.6. The minimum absolute atomic E-state index is 2.17. The van der Waals surface area contributed by atoms with Crippen molar-refractivity contribution in [2.24, 2.45) is 0 Å². The van der Waals surface area contributed by atoms with Gasteiger partial charge >= 0.3 is 47.8 Å². The number of aliphatic hydroxyl groups excluding tert-OH is 7. The van der Waals surface area contributed by atoms with Crippen molar-refractivity contribution < 1.29 is 114 Å². The molecule has 10 atom stereocenters. The zero-order valence-electron chi connectivity index (χ0n) is 19.6. The molecular formula is C18H22O23. The van der Waals surface area contributed by atoms with Crippen LogP contribution < -0.4 is 0 Å². The average Bonchev–Trinajstić information content (AvgIpc) is 2.89. The number of carboxylic acids is 5. The molecule has 41 heavy (non-hydrogen) atoms. The molecule has 0 bridgehead atoms. The molecule has 0 rings (SSSR count). The summed E-state index contributed by atoms with van der Waals surface area (Å²) in [4.78, 5) is 91.6. The van der Waals surface area contributed by atoms with Crippen LogP contribution in [0.2, 0.25) is 0 Å². The molecule has 0 aromatic carbocycles. The van der Waals surface area contributed by atoms with Crippen molar-refractivity contribution >= 4 is 47.8 Å². The van der Waals surface area contributed by atoms with Gasteiger partial charge in [-0.1, -0.05) is 0 Å². The van der Waals surface area contributed by atoms with Crippen molar-refractivity contribution in [3.63, 3.8) is 0 Å². The Bertz CT molecular complexity index is 1040. The molecule has 0 aliphatic heterocycles. The predicted octanol–water partition coefficient (Wildman–Crippen LogP) is -8.33.